The summed E-state index contributed by atoms with van der Waals surface area (Å²) in [6.45, 7) is 5.41. The van der Waals surface area contributed by atoms with E-state index in [1.807, 2.05) is 0 Å². The van der Waals surface area contributed by atoms with E-state index >= 15 is 0 Å². The molecule has 18 heavy (non-hydrogen) atoms. The third-order valence-corrected chi connectivity index (χ3v) is 2.31. The monoisotopic (exact) mass is 245 g/mol. The molecule has 0 atom stereocenters. The first-order chi connectivity index (χ1) is 8.35. The van der Waals surface area contributed by atoms with Crippen LogP contribution in [0.1, 0.15) is 31.3 Å². The normalized spacial score (nSPS) is 11.5. The largest absolute Gasteiger partial charge is 0.508 e. The zero-order valence-corrected chi connectivity index (χ0v) is 10.6. The molecule has 2 rings (SSSR count). The number of aromatic hydroxyl groups is 1. The average Bonchev–Trinajstić information content (AvgIpc) is 2.25. The number of aromatic nitrogens is 1. The number of fused-ring (bicyclic) bond motifs is 1. The standard InChI is InChI=1S/C14H15NO3/c1-14(2,3)18-13(17)12-7-10-6-11(16)5-4-9(10)8-15-12/h4-8,16H,1-3H3. The van der Waals surface area contributed by atoms with E-state index in [9.17, 15) is 9.90 Å². The molecule has 2 aromatic rings. The van der Waals surface area contributed by atoms with Gasteiger partial charge in [-0.25, -0.2) is 9.78 Å². The molecule has 1 heterocycles. The molecule has 94 valence electrons. The Morgan fingerprint density at radius 2 is 1.94 bits per heavy atom. The minimum Gasteiger partial charge on any atom is -0.508 e. The summed E-state index contributed by atoms with van der Waals surface area (Å²) in [4.78, 5) is 15.9. The molecule has 0 aliphatic heterocycles. The average molecular weight is 245 g/mol. The summed E-state index contributed by atoms with van der Waals surface area (Å²) in [5.41, 5.74) is -0.310. The van der Waals surface area contributed by atoms with Gasteiger partial charge in [0.05, 0.1) is 0 Å². The van der Waals surface area contributed by atoms with E-state index < -0.39 is 11.6 Å². The number of nitrogens with zero attached hydrogens (tertiary/aromatic N) is 1. The summed E-state index contributed by atoms with van der Waals surface area (Å²) in [5.74, 6) is -0.309. The second kappa shape index (κ2) is 4.29. The molecule has 0 amide bonds. The first-order valence-electron chi connectivity index (χ1n) is 5.67. The van der Waals surface area contributed by atoms with E-state index in [4.69, 9.17) is 4.74 Å². The quantitative estimate of drug-likeness (QED) is 0.785. The van der Waals surface area contributed by atoms with Crippen molar-refractivity contribution in [2.45, 2.75) is 26.4 Å². The number of benzene rings is 1. The molecule has 0 unspecified atom stereocenters. The van der Waals surface area contributed by atoms with Gasteiger partial charge in [0.2, 0.25) is 0 Å². The van der Waals surface area contributed by atoms with Crippen molar-refractivity contribution in [1.29, 1.82) is 0 Å². The fourth-order valence-electron chi connectivity index (χ4n) is 1.57. The molecule has 1 aromatic carbocycles. The van der Waals surface area contributed by atoms with Gasteiger partial charge < -0.3 is 9.84 Å². The molecule has 4 heteroatoms. The van der Waals surface area contributed by atoms with Crippen molar-refractivity contribution >= 4 is 16.7 Å². The summed E-state index contributed by atoms with van der Waals surface area (Å²) < 4.78 is 5.24. The molecular weight excluding hydrogens is 230 g/mol. The van der Waals surface area contributed by atoms with Crippen LogP contribution in [0.15, 0.2) is 30.5 Å². The van der Waals surface area contributed by atoms with Crippen molar-refractivity contribution in [1.82, 2.24) is 4.98 Å². The highest BCUT2D eigenvalue weighted by atomic mass is 16.6. The Morgan fingerprint density at radius 1 is 1.22 bits per heavy atom. The van der Waals surface area contributed by atoms with Crippen LogP contribution in [0.4, 0.5) is 0 Å². The van der Waals surface area contributed by atoms with Gasteiger partial charge in [-0.15, -0.1) is 0 Å². The molecular formula is C14H15NO3. The van der Waals surface area contributed by atoms with Crippen molar-refractivity contribution in [2.24, 2.45) is 0 Å². The lowest BCUT2D eigenvalue weighted by Crippen LogP contribution is -2.24. The van der Waals surface area contributed by atoms with Crippen molar-refractivity contribution < 1.29 is 14.6 Å². The van der Waals surface area contributed by atoms with Gasteiger partial charge in [-0.2, -0.15) is 0 Å². The number of rotatable bonds is 1. The number of hydrogen-bond acceptors (Lipinski definition) is 4. The maximum atomic E-state index is 11.8. The highest BCUT2D eigenvalue weighted by Gasteiger charge is 2.19. The highest BCUT2D eigenvalue weighted by molar-refractivity contribution is 5.93. The van der Waals surface area contributed by atoms with Crippen LogP contribution in [-0.4, -0.2) is 21.7 Å². The predicted molar refractivity (Wildman–Crippen MR) is 68.6 cm³/mol. The van der Waals surface area contributed by atoms with E-state index in [2.05, 4.69) is 4.98 Å². The van der Waals surface area contributed by atoms with Crippen LogP contribution in [0, 0.1) is 0 Å². The molecule has 0 aliphatic carbocycles. The van der Waals surface area contributed by atoms with Crippen LogP contribution >= 0.6 is 0 Å². The maximum absolute atomic E-state index is 11.8. The maximum Gasteiger partial charge on any atom is 0.357 e. The zero-order valence-electron chi connectivity index (χ0n) is 10.6. The zero-order chi connectivity index (χ0) is 13.3. The summed E-state index contributed by atoms with van der Waals surface area (Å²) in [6.07, 6.45) is 1.59. The molecule has 1 aromatic heterocycles. The predicted octanol–water partition coefficient (Wildman–Crippen LogP) is 2.90. The number of ether oxygens (including phenoxy) is 1. The topological polar surface area (TPSA) is 59.4 Å². The van der Waals surface area contributed by atoms with Gasteiger partial charge in [0, 0.05) is 11.6 Å². The molecule has 0 aliphatic rings. The second-order valence-electron chi connectivity index (χ2n) is 5.10. The van der Waals surface area contributed by atoms with Crippen molar-refractivity contribution in [3.63, 3.8) is 0 Å². The first kappa shape index (κ1) is 12.4. The fraction of sp³-hybridized carbons (Fsp3) is 0.286. The smallest absolute Gasteiger partial charge is 0.357 e. The van der Waals surface area contributed by atoms with E-state index in [0.717, 1.165) is 10.8 Å². The number of pyridine rings is 1. The first-order valence-corrected chi connectivity index (χ1v) is 5.67. The van der Waals surface area contributed by atoms with Crippen molar-refractivity contribution in [3.8, 4) is 5.75 Å². The molecule has 1 N–H and O–H groups in total. The number of hydrogen-bond donors (Lipinski definition) is 1. The minimum atomic E-state index is -0.549. The summed E-state index contributed by atoms with van der Waals surface area (Å²) in [7, 11) is 0. The lowest BCUT2D eigenvalue weighted by molar-refractivity contribution is 0.00631. The SMILES string of the molecule is CC(C)(C)OC(=O)c1cc2cc(O)ccc2cn1. The molecule has 4 nitrogen and oxygen atoms in total. The van der Waals surface area contributed by atoms with Crippen molar-refractivity contribution in [3.05, 3.63) is 36.2 Å². The number of carbonyl (C=O) groups is 1. The lowest BCUT2D eigenvalue weighted by Gasteiger charge is -2.19. The lowest BCUT2D eigenvalue weighted by atomic mass is 10.1. The summed E-state index contributed by atoms with van der Waals surface area (Å²) in [5, 5.41) is 11.0. The number of esters is 1. The molecule has 0 bridgehead atoms. The van der Waals surface area contributed by atoms with Gasteiger partial charge in [-0.3, -0.25) is 0 Å². The van der Waals surface area contributed by atoms with Crippen LogP contribution in [-0.2, 0) is 4.74 Å². The van der Waals surface area contributed by atoms with Gasteiger partial charge in [0.1, 0.15) is 17.0 Å². The van der Waals surface area contributed by atoms with Gasteiger partial charge in [0.15, 0.2) is 0 Å². The van der Waals surface area contributed by atoms with Crippen LogP contribution in [0.5, 0.6) is 5.75 Å². The van der Waals surface area contributed by atoms with Gasteiger partial charge in [-0.05, 0) is 50.4 Å². The van der Waals surface area contributed by atoms with E-state index in [0.29, 0.717) is 0 Å². The highest BCUT2D eigenvalue weighted by Crippen LogP contribution is 2.20. The van der Waals surface area contributed by atoms with E-state index in [-0.39, 0.29) is 11.4 Å². The Hall–Kier alpha value is -2.10. The van der Waals surface area contributed by atoms with Crippen LogP contribution in [0.3, 0.4) is 0 Å². The Balaban J connectivity index is 2.37. The molecule has 0 saturated heterocycles. The number of phenols is 1. The van der Waals surface area contributed by atoms with E-state index in [1.165, 1.54) is 0 Å². The Bertz CT molecular complexity index is 600. The van der Waals surface area contributed by atoms with Gasteiger partial charge in [0.25, 0.3) is 0 Å². The third-order valence-electron chi connectivity index (χ3n) is 2.31. The number of carbonyl (C=O) groups excluding carboxylic acids is 1. The Labute approximate surface area is 105 Å². The van der Waals surface area contributed by atoms with E-state index in [1.54, 1.807) is 51.2 Å². The minimum absolute atomic E-state index is 0.156. The van der Waals surface area contributed by atoms with Crippen molar-refractivity contribution in [2.75, 3.05) is 0 Å². The Morgan fingerprint density at radius 3 is 2.61 bits per heavy atom. The van der Waals surface area contributed by atoms with Gasteiger partial charge >= 0.3 is 5.97 Å². The van der Waals surface area contributed by atoms with Crippen LogP contribution in [0.25, 0.3) is 10.8 Å². The molecule has 0 fully saturated rings. The molecule has 0 saturated carbocycles. The third kappa shape index (κ3) is 2.77. The Kier molecular flexibility index (Phi) is 2.95. The second-order valence-corrected chi connectivity index (χ2v) is 5.10. The molecule has 0 spiro atoms. The number of phenolic OH excluding ortho intramolecular Hbond substituents is 1. The fourth-order valence-corrected chi connectivity index (χ4v) is 1.57. The molecule has 0 radical (unpaired) electrons. The summed E-state index contributed by atoms with van der Waals surface area (Å²) >= 11 is 0. The van der Waals surface area contributed by atoms with Crippen LogP contribution < -0.4 is 0 Å². The van der Waals surface area contributed by atoms with Crippen LogP contribution in [0.2, 0.25) is 0 Å². The summed E-state index contributed by atoms with van der Waals surface area (Å²) in [6, 6.07) is 6.53. The van der Waals surface area contributed by atoms with Gasteiger partial charge in [-0.1, -0.05) is 0 Å².